The summed E-state index contributed by atoms with van der Waals surface area (Å²) in [5.74, 6) is 0. The predicted octanol–water partition coefficient (Wildman–Crippen LogP) is 14.5. The van der Waals surface area contributed by atoms with Gasteiger partial charge >= 0.3 is 0 Å². The Hall–Kier alpha value is -6.38. The highest BCUT2D eigenvalue weighted by Gasteiger charge is 2.37. The van der Waals surface area contributed by atoms with E-state index < -0.39 is 0 Å². The lowest BCUT2D eigenvalue weighted by Gasteiger charge is -2.29. The molecule has 1 heterocycles. The second-order valence-electron chi connectivity index (χ2n) is 16.1. The maximum Gasteiger partial charge on any atom is 0.136 e. The Morgan fingerprint density at radius 2 is 0.963 bits per heavy atom. The van der Waals surface area contributed by atoms with Crippen LogP contribution in [0.25, 0.3) is 66.1 Å². The largest absolute Gasteiger partial charge is 0.456 e. The van der Waals surface area contributed by atoms with E-state index >= 15 is 0 Å². The highest BCUT2D eigenvalue weighted by Crippen LogP contribution is 2.53. The van der Waals surface area contributed by atoms with E-state index in [1.54, 1.807) is 0 Å². The molecule has 0 spiro atoms. The molecule has 9 aromatic rings. The minimum atomic E-state index is -0.106. The second kappa shape index (κ2) is 11.1. The summed E-state index contributed by atoms with van der Waals surface area (Å²) in [6.07, 6.45) is 0. The van der Waals surface area contributed by atoms with Gasteiger partial charge in [0.15, 0.2) is 0 Å². The summed E-state index contributed by atoms with van der Waals surface area (Å²) >= 11 is 0. The van der Waals surface area contributed by atoms with Crippen molar-refractivity contribution in [3.8, 4) is 33.4 Å². The third-order valence-electron chi connectivity index (χ3n) is 12.5. The van der Waals surface area contributed by atoms with Gasteiger partial charge in [-0.2, -0.15) is 0 Å². The lowest BCUT2D eigenvalue weighted by atomic mass is 9.82. The molecule has 0 atom stereocenters. The zero-order chi connectivity index (χ0) is 36.3. The fourth-order valence-electron chi connectivity index (χ4n) is 9.75. The van der Waals surface area contributed by atoms with Crippen LogP contribution in [0.2, 0.25) is 0 Å². The first kappa shape index (κ1) is 31.2. The fourth-order valence-corrected chi connectivity index (χ4v) is 9.75. The molecule has 0 saturated heterocycles. The minimum absolute atomic E-state index is 0.0542. The molecule has 2 aliphatic rings. The van der Waals surface area contributed by atoms with E-state index in [9.17, 15) is 0 Å². The Bertz CT molecular complexity index is 3000. The molecule has 0 radical (unpaired) electrons. The summed E-state index contributed by atoms with van der Waals surface area (Å²) in [5.41, 5.74) is 18.3. The number of rotatable bonds is 4. The summed E-state index contributed by atoms with van der Waals surface area (Å²) in [6.45, 7) is 9.42. The van der Waals surface area contributed by atoms with Crippen molar-refractivity contribution < 1.29 is 4.42 Å². The van der Waals surface area contributed by atoms with Crippen LogP contribution in [0, 0.1) is 0 Å². The SMILES string of the molecule is CC1(C)c2ccccc2-c2cc(N(c3ccc(-c4c5ccccc5cc5oc6ccccc6c45)cc3)c3ccc4c(c3)C(C)(C)c3ccccc3-4)ccc21. The zero-order valence-corrected chi connectivity index (χ0v) is 30.9. The van der Waals surface area contributed by atoms with Crippen LogP contribution in [-0.4, -0.2) is 0 Å². The quantitative estimate of drug-likeness (QED) is 0.182. The fraction of sp³-hybridized carbons (Fsp3) is 0.115. The molecule has 2 nitrogen and oxygen atoms in total. The molecule has 2 heteroatoms. The maximum atomic E-state index is 6.44. The Labute approximate surface area is 315 Å². The van der Waals surface area contributed by atoms with E-state index in [1.165, 1.54) is 66.4 Å². The molecule has 0 unspecified atom stereocenters. The van der Waals surface area contributed by atoms with Crippen molar-refractivity contribution in [3.63, 3.8) is 0 Å². The second-order valence-corrected chi connectivity index (χ2v) is 16.1. The average molecular weight is 694 g/mol. The van der Waals surface area contributed by atoms with Gasteiger partial charge in [0.05, 0.1) is 0 Å². The van der Waals surface area contributed by atoms with Gasteiger partial charge in [0.25, 0.3) is 0 Å². The molecular formula is C52H39NO. The van der Waals surface area contributed by atoms with Crippen molar-refractivity contribution in [1.82, 2.24) is 0 Å². The van der Waals surface area contributed by atoms with Crippen LogP contribution < -0.4 is 4.90 Å². The number of hydrogen-bond donors (Lipinski definition) is 0. The molecule has 11 rings (SSSR count). The summed E-state index contributed by atoms with van der Waals surface area (Å²) in [6, 6.07) is 60.4. The third-order valence-corrected chi connectivity index (χ3v) is 12.5. The van der Waals surface area contributed by atoms with Gasteiger partial charge in [-0.1, -0.05) is 143 Å². The smallest absolute Gasteiger partial charge is 0.136 e. The molecule has 0 aliphatic heterocycles. The first-order valence-corrected chi connectivity index (χ1v) is 19.0. The molecule has 1 aromatic heterocycles. The average Bonchev–Trinajstić information content (AvgIpc) is 3.77. The number of furan rings is 1. The number of hydrogen-bond acceptors (Lipinski definition) is 2. The molecule has 8 aromatic carbocycles. The van der Waals surface area contributed by atoms with Crippen LogP contribution in [0.4, 0.5) is 17.1 Å². The van der Waals surface area contributed by atoms with Crippen LogP contribution in [0.5, 0.6) is 0 Å². The summed E-state index contributed by atoms with van der Waals surface area (Å²) in [5, 5.41) is 4.70. The summed E-state index contributed by atoms with van der Waals surface area (Å²) in [4.78, 5) is 2.45. The Kier molecular flexibility index (Phi) is 6.39. The number of anilines is 3. The van der Waals surface area contributed by atoms with Crippen molar-refractivity contribution in [1.29, 1.82) is 0 Å². The van der Waals surface area contributed by atoms with Crippen LogP contribution in [0.1, 0.15) is 49.9 Å². The lowest BCUT2D eigenvalue weighted by molar-refractivity contribution is 0.660. The van der Waals surface area contributed by atoms with E-state index in [4.69, 9.17) is 4.42 Å². The van der Waals surface area contributed by atoms with Gasteiger partial charge in [0.2, 0.25) is 0 Å². The zero-order valence-electron chi connectivity index (χ0n) is 30.9. The lowest BCUT2D eigenvalue weighted by Crippen LogP contribution is -2.17. The maximum absolute atomic E-state index is 6.44. The van der Waals surface area contributed by atoms with Crippen LogP contribution in [0.15, 0.2) is 168 Å². The van der Waals surface area contributed by atoms with Crippen LogP contribution in [-0.2, 0) is 10.8 Å². The Morgan fingerprint density at radius 3 is 1.74 bits per heavy atom. The van der Waals surface area contributed by atoms with Gasteiger partial charge in [-0.3, -0.25) is 0 Å². The Balaban J connectivity index is 1.11. The molecule has 0 fully saturated rings. The van der Waals surface area contributed by atoms with E-state index in [1.807, 2.05) is 6.07 Å². The molecule has 0 amide bonds. The number of nitrogens with zero attached hydrogens (tertiary/aromatic N) is 1. The van der Waals surface area contributed by atoms with Crippen molar-refractivity contribution in [2.75, 3.05) is 4.90 Å². The number of benzene rings is 8. The Morgan fingerprint density at radius 1 is 0.407 bits per heavy atom. The van der Waals surface area contributed by atoms with Crippen molar-refractivity contribution in [3.05, 3.63) is 186 Å². The van der Waals surface area contributed by atoms with E-state index in [0.717, 1.165) is 39.0 Å². The molecular weight excluding hydrogens is 655 g/mol. The van der Waals surface area contributed by atoms with Crippen LogP contribution in [0.3, 0.4) is 0 Å². The van der Waals surface area contributed by atoms with Crippen LogP contribution >= 0.6 is 0 Å². The number of para-hydroxylation sites is 1. The highest BCUT2D eigenvalue weighted by molar-refractivity contribution is 6.20. The van der Waals surface area contributed by atoms with E-state index in [-0.39, 0.29) is 10.8 Å². The van der Waals surface area contributed by atoms with Gasteiger partial charge < -0.3 is 9.32 Å². The molecule has 0 saturated carbocycles. The van der Waals surface area contributed by atoms with Gasteiger partial charge in [0.1, 0.15) is 11.2 Å². The molecule has 54 heavy (non-hydrogen) atoms. The molecule has 258 valence electrons. The van der Waals surface area contributed by atoms with E-state index in [2.05, 4.69) is 190 Å². The first-order chi connectivity index (χ1) is 26.3. The normalized spacial score (nSPS) is 14.6. The van der Waals surface area contributed by atoms with Crippen molar-refractivity contribution in [2.24, 2.45) is 0 Å². The standard InChI is InChI=1S/C52H39NO/c1-51(2)44-19-11-8-16-39(44)42-30-35(26-28-45(42)51)53(36-25-27-40-38-15-7-10-18-43(38)52(3,4)46(40)31-36)34-23-21-32(22-24-34)49-37-14-6-5-13-33(37)29-48-50(49)41-17-9-12-20-47(41)54-48/h5-31H,1-4H3. The highest BCUT2D eigenvalue weighted by atomic mass is 16.3. The monoisotopic (exact) mass is 693 g/mol. The summed E-state index contributed by atoms with van der Waals surface area (Å²) < 4.78 is 6.44. The van der Waals surface area contributed by atoms with Gasteiger partial charge in [0, 0.05) is 44.2 Å². The summed E-state index contributed by atoms with van der Waals surface area (Å²) in [7, 11) is 0. The molecule has 0 bridgehead atoms. The number of fused-ring (bicyclic) bond motifs is 10. The van der Waals surface area contributed by atoms with Gasteiger partial charge in [-0.05, 0) is 109 Å². The van der Waals surface area contributed by atoms with E-state index in [0.29, 0.717) is 0 Å². The molecule has 0 N–H and O–H groups in total. The molecule has 2 aliphatic carbocycles. The minimum Gasteiger partial charge on any atom is -0.456 e. The topological polar surface area (TPSA) is 16.4 Å². The van der Waals surface area contributed by atoms with Gasteiger partial charge in [-0.25, -0.2) is 0 Å². The van der Waals surface area contributed by atoms with Crippen molar-refractivity contribution >= 4 is 49.8 Å². The predicted molar refractivity (Wildman–Crippen MR) is 226 cm³/mol. The third kappa shape index (κ3) is 4.28. The van der Waals surface area contributed by atoms with Gasteiger partial charge in [-0.15, -0.1) is 0 Å². The first-order valence-electron chi connectivity index (χ1n) is 19.0. The van der Waals surface area contributed by atoms with Crippen molar-refractivity contribution in [2.45, 2.75) is 38.5 Å².